The Labute approximate surface area is 179 Å². The Morgan fingerprint density at radius 3 is 2.33 bits per heavy atom. The number of thiophene rings is 1. The number of hydrogen-bond donors (Lipinski definition) is 0. The highest BCUT2D eigenvalue weighted by atomic mass is 32.1. The zero-order valence-corrected chi connectivity index (χ0v) is 17.4. The molecule has 0 atom stereocenters. The van der Waals surface area contributed by atoms with Gasteiger partial charge in [0.2, 0.25) is 0 Å². The van der Waals surface area contributed by atoms with E-state index >= 15 is 0 Å². The van der Waals surface area contributed by atoms with Crippen molar-refractivity contribution in [2.75, 3.05) is 14.2 Å². The zero-order chi connectivity index (χ0) is 20.9. The normalized spacial score (nSPS) is 11.0. The first-order valence-corrected chi connectivity index (χ1v) is 10.2. The van der Waals surface area contributed by atoms with E-state index in [0.717, 1.165) is 43.3 Å². The lowest BCUT2D eigenvalue weighted by Gasteiger charge is -2.09. The summed E-state index contributed by atoms with van der Waals surface area (Å²) in [6.45, 7) is 0. The molecule has 0 radical (unpaired) electrons. The van der Waals surface area contributed by atoms with Gasteiger partial charge in [-0.1, -0.05) is 42.5 Å². The maximum Gasteiger partial charge on any atom is 0.330 e. The van der Waals surface area contributed by atoms with Crippen LogP contribution >= 0.6 is 11.3 Å². The van der Waals surface area contributed by atoms with Gasteiger partial charge in [-0.05, 0) is 47.5 Å². The fourth-order valence-corrected chi connectivity index (χ4v) is 4.22. The number of benzene rings is 3. The molecule has 0 spiro atoms. The minimum absolute atomic E-state index is 0.386. The molecular formula is C25H20O4S. The molecule has 0 aliphatic carbocycles. The van der Waals surface area contributed by atoms with Gasteiger partial charge in [-0.25, -0.2) is 4.79 Å². The number of carbonyl (C=O) groups excluding carboxylic acids is 1. The Bertz CT molecular complexity index is 1190. The Morgan fingerprint density at radius 1 is 0.900 bits per heavy atom. The fraction of sp³-hybridized carbons (Fsp3) is 0.0800. The number of hydrogen-bond acceptors (Lipinski definition) is 5. The Kier molecular flexibility index (Phi) is 5.82. The van der Waals surface area contributed by atoms with Crippen LogP contribution in [0.25, 0.3) is 26.6 Å². The van der Waals surface area contributed by atoms with E-state index in [1.807, 2.05) is 60.7 Å². The number of methoxy groups -OCH3 is 2. The van der Waals surface area contributed by atoms with E-state index in [2.05, 4.69) is 16.9 Å². The summed E-state index contributed by atoms with van der Waals surface area (Å²) in [4.78, 5) is 12.3. The van der Waals surface area contributed by atoms with Gasteiger partial charge in [-0.2, -0.15) is 0 Å². The molecule has 0 amide bonds. The maximum absolute atomic E-state index is 11.3. The molecule has 30 heavy (non-hydrogen) atoms. The van der Waals surface area contributed by atoms with Crippen molar-refractivity contribution in [1.29, 1.82) is 0 Å². The van der Waals surface area contributed by atoms with Gasteiger partial charge in [0.1, 0.15) is 11.5 Å². The molecule has 150 valence electrons. The number of carbonyl (C=O) groups is 1. The molecule has 0 saturated carbocycles. The highest BCUT2D eigenvalue weighted by Gasteiger charge is 2.17. The number of fused-ring (bicyclic) bond motifs is 1. The van der Waals surface area contributed by atoms with Gasteiger partial charge in [0.25, 0.3) is 0 Å². The van der Waals surface area contributed by atoms with Crippen LogP contribution in [0.5, 0.6) is 17.2 Å². The van der Waals surface area contributed by atoms with Crippen molar-refractivity contribution in [2.45, 2.75) is 0 Å². The standard InChI is InChI=1S/C25H20O4S/c1-27-20-13-14-21-22(16-20)30-25(18-6-4-3-5-7-18)24(21)29-19-11-8-17(9-12-19)10-15-23(26)28-2/h3-16H,1-2H3. The van der Waals surface area contributed by atoms with Gasteiger partial charge in [0, 0.05) is 16.2 Å². The summed E-state index contributed by atoms with van der Waals surface area (Å²) >= 11 is 1.68. The van der Waals surface area contributed by atoms with Crippen LogP contribution in [0, 0.1) is 0 Å². The molecule has 0 fully saturated rings. The molecule has 0 bridgehead atoms. The number of ether oxygens (including phenoxy) is 3. The first-order chi connectivity index (χ1) is 14.7. The Morgan fingerprint density at radius 2 is 1.63 bits per heavy atom. The molecule has 5 heteroatoms. The molecular weight excluding hydrogens is 396 g/mol. The lowest BCUT2D eigenvalue weighted by Crippen LogP contribution is -1.93. The molecule has 4 nitrogen and oxygen atoms in total. The summed E-state index contributed by atoms with van der Waals surface area (Å²) in [6.07, 6.45) is 3.10. The maximum atomic E-state index is 11.3. The molecule has 1 heterocycles. The van der Waals surface area contributed by atoms with Crippen molar-refractivity contribution in [2.24, 2.45) is 0 Å². The van der Waals surface area contributed by atoms with Crippen LogP contribution in [0.3, 0.4) is 0 Å². The van der Waals surface area contributed by atoms with E-state index in [0.29, 0.717) is 0 Å². The summed E-state index contributed by atoms with van der Waals surface area (Å²) in [5.74, 6) is 1.97. The third-order valence-electron chi connectivity index (χ3n) is 4.60. The fourth-order valence-electron chi connectivity index (χ4n) is 3.06. The van der Waals surface area contributed by atoms with Crippen LogP contribution < -0.4 is 9.47 Å². The van der Waals surface area contributed by atoms with Crippen molar-refractivity contribution in [3.05, 3.63) is 84.4 Å². The van der Waals surface area contributed by atoms with E-state index < -0.39 is 0 Å². The third kappa shape index (κ3) is 4.21. The van der Waals surface area contributed by atoms with E-state index in [1.54, 1.807) is 24.5 Å². The van der Waals surface area contributed by atoms with Gasteiger partial charge in [-0.15, -0.1) is 11.3 Å². The summed E-state index contributed by atoms with van der Waals surface area (Å²) < 4.78 is 17.4. The van der Waals surface area contributed by atoms with Gasteiger partial charge >= 0.3 is 5.97 Å². The molecule has 0 aliphatic heterocycles. The average molecular weight is 416 g/mol. The lowest BCUT2D eigenvalue weighted by molar-refractivity contribution is -0.134. The lowest BCUT2D eigenvalue weighted by atomic mass is 10.1. The summed E-state index contributed by atoms with van der Waals surface area (Å²) in [5.41, 5.74) is 1.99. The van der Waals surface area contributed by atoms with Crippen molar-refractivity contribution in [3.63, 3.8) is 0 Å². The molecule has 1 aromatic heterocycles. The van der Waals surface area contributed by atoms with Gasteiger partial charge < -0.3 is 14.2 Å². The highest BCUT2D eigenvalue weighted by Crippen LogP contribution is 2.47. The first kappa shape index (κ1) is 19.7. The monoisotopic (exact) mass is 416 g/mol. The summed E-state index contributed by atoms with van der Waals surface area (Å²) in [6, 6.07) is 23.8. The van der Waals surface area contributed by atoms with E-state index in [1.165, 1.54) is 13.2 Å². The molecule has 4 aromatic rings. The minimum atomic E-state index is -0.386. The second-order valence-corrected chi connectivity index (χ2v) is 7.57. The molecule has 0 aliphatic rings. The SMILES string of the molecule is COC(=O)C=Cc1ccc(Oc2c(-c3ccccc3)sc3cc(OC)ccc23)cc1. The molecule has 0 unspecified atom stereocenters. The Balaban J connectivity index is 1.71. The van der Waals surface area contributed by atoms with Crippen LogP contribution in [0.2, 0.25) is 0 Å². The topological polar surface area (TPSA) is 44.8 Å². The van der Waals surface area contributed by atoms with E-state index in [4.69, 9.17) is 9.47 Å². The van der Waals surface area contributed by atoms with E-state index in [-0.39, 0.29) is 5.97 Å². The summed E-state index contributed by atoms with van der Waals surface area (Å²) in [7, 11) is 3.02. The van der Waals surface area contributed by atoms with Crippen LogP contribution in [0.1, 0.15) is 5.56 Å². The van der Waals surface area contributed by atoms with Gasteiger partial charge in [0.15, 0.2) is 5.75 Å². The van der Waals surface area contributed by atoms with Crippen molar-refractivity contribution in [1.82, 2.24) is 0 Å². The van der Waals surface area contributed by atoms with Crippen molar-refractivity contribution in [3.8, 4) is 27.7 Å². The van der Waals surface area contributed by atoms with E-state index in [9.17, 15) is 4.79 Å². The second-order valence-electron chi connectivity index (χ2n) is 6.52. The first-order valence-electron chi connectivity index (χ1n) is 9.38. The van der Waals surface area contributed by atoms with Crippen LogP contribution in [0.15, 0.2) is 78.9 Å². The largest absolute Gasteiger partial charge is 0.497 e. The second kappa shape index (κ2) is 8.84. The molecule has 0 saturated heterocycles. The molecule has 4 rings (SSSR count). The Hall–Kier alpha value is -3.57. The summed E-state index contributed by atoms with van der Waals surface area (Å²) in [5, 5.41) is 1.04. The van der Waals surface area contributed by atoms with Crippen molar-refractivity contribution >= 4 is 33.5 Å². The van der Waals surface area contributed by atoms with Crippen molar-refractivity contribution < 1.29 is 19.0 Å². The van der Waals surface area contributed by atoms with Gasteiger partial charge in [-0.3, -0.25) is 0 Å². The quantitative estimate of drug-likeness (QED) is 0.264. The van der Waals surface area contributed by atoms with Gasteiger partial charge in [0.05, 0.1) is 19.1 Å². The average Bonchev–Trinajstić information content (AvgIpc) is 3.16. The smallest absolute Gasteiger partial charge is 0.330 e. The predicted molar refractivity (Wildman–Crippen MR) is 121 cm³/mol. The number of rotatable bonds is 6. The molecule has 3 aromatic carbocycles. The zero-order valence-electron chi connectivity index (χ0n) is 16.6. The van der Waals surface area contributed by atoms with Crippen LogP contribution in [0.4, 0.5) is 0 Å². The predicted octanol–water partition coefficient (Wildman–Crippen LogP) is 6.56. The number of esters is 1. The van der Waals surface area contributed by atoms with Crippen LogP contribution in [-0.4, -0.2) is 20.2 Å². The minimum Gasteiger partial charge on any atom is -0.497 e. The van der Waals surface area contributed by atoms with Crippen LogP contribution in [-0.2, 0) is 9.53 Å². The highest BCUT2D eigenvalue weighted by molar-refractivity contribution is 7.22. The third-order valence-corrected chi connectivity index (χ3v) is 5.78. The molecule has 0 N–H and O–H groups in total.